The predicted octanol–water partition coefficient (Wildman–Crippen LogP) is 1.89. The van der Waals surface area contributed by atoms with Crippen LogP contribution in [0.3, 0.4) is 0 Å². The number of nitrogens with two attached hydrogens (primary N) is 1. The molecule has 1 aliphatic rings. The van der Waals surface area contributed by atoms with Gasteiger partial charge in [0.15, 0.2) is 11.3 Å². The Morgan fingerprint density at radius 3 is 2.81 bits per heavy atom. The largest absolute Gasteiger partial charge is 0.444 e. The predicted molar refractivity (Wildman–Crippen MR) is 77.7 cm³/mol. The fourth-order valence-corrected chi connectivity index (χ4v) is 3.00. The van der Waals surface area contributed by atoms with E-state index < -0.39 is 23.5 Å². The summed E-state index contributed by atoms with van der Waals surface area (Å²) in [5, 5.41) is 10.8. The van der Waals surface area contributed by atoms with Crippen molar-refractivity contribution in [2.45, 2.75) is 44.6 Å². The fourth-order valence-electron chi connectivity index (χ4n) is 2.16. The summed E-state index contributed by atoms with van der Waals surface area (Å²) in [5.41, 5.74) is 3.24. The third-order valence-corrected chi connectivity index (χ3v) is 4.26. The van der Waals surface area contributed by atoms with Crippen LogP contribution in [0.1, 0.15) is 32.1 Å². The van der Waals surface area contributed by atoms with Gasteiger partial charge in [-0.15, -0.1) is 0 Å². The van der Waals surface area contributed by atoms with Crippen LogP contribution in [0.5, 0.6) is 0 Å². The Kier molecular flexibility index (Phi) is 4.12. The molecule has 1 aliphatic heterocycles. The van der Waals surface area contributed by atoms with Crippen molar-refractivity contribution >= 4 is 22.6 Å². The maximum atomic E-state index is 14.4. The van der Waals surface area contributed by atoms with E-state index in [1.54, 1.807) is 20.8 Å². The zero-order valence-electron chi connectivity index (χ0n) is 12.3. The van der Waals surface area contributed by atoms with Gasteiger partial charge in [0.05, 0.1) is 11.4 Å². The summed E-state index contributed by atoms with van der Waals surface area (Å²) in [5.74, 6) is 0. The van der Waals surface area contributed by atoms with Gasteiger partial charge in [-0.05, 0) is 20.8 Å². The zero-order valence-corrected chi connectivity index (χ0v) is 13.1. The highest BCUT2D eigenvalue weighted by Crippen LogP contribution is 2.38. The number of aliphatic hydroxyl groups is 1. The van der Waals surface area contributed by atoms with Gasteiger partial charge in [-0.1, -0.05) is 11.3 Å². The molecule has 0 bridgehead atoms. The van der Waals surface area contributed by atoms with Crippen LogP contribution in [-0.2, 0) is 10.3 Å². The number of piperidine rings is 1. The smallest absolute Gasteiger partial charge is 0.410 e. The molecule has 1 amide bonds. The molecule has 6 nitrogen and oxygen atoms in total. The molecule has 0 aliphatic carbocycles. The Labute approximate surface area is 126 Å². The van der Waals surface area contributed by atoms with E-state index in [9.17, 15) is 14.3 Å². The molecule has 2 atom stereocenters. The number of hydrogen-bond acceptors (Lipinski definition) is 6. The van der Waals surface area contributed by atoms with Crippen LogP contribution >= 0.6 is 11.3 Å². The molecule has 8 heteroatoms. The molecule has 2 heterocycles. The molecule has 0 aromatic carbocycles. The van der Waals surface area contributed by atoms with Gasteiger partial charge in [0.1, 0.15) is 11.2 Å². The number of alkyl halides is 1. The van der Waals surface area contributed by atoms with Gasteiger partial charge in [-0.2, -0.15) is 0 Å². The zero-order chi connectivity index (χ0) is 15.8. The van der Waals surface area contributed by atoms with Gasteiger partial charge in [0, 0.05) is 19.2 Å². The van der Waals surface area contributed by atoms with Gasteiger partial charge in [0.2, 0.25) is 0 Å². The second-order valence-corrected chi connectivity index (χ2v) is 7.19. The molecule has 3 N–H and O–H groups in total. The van der Waals surface area contributed by atoms with Crippen molar-refractivity contribution in [2.24, 2.45) is 0 Å². The lowest BCUT2D eigenvalue weighted by atomic mass is 9.88. The number of hydrogen-bond donors (Lipinski definition) is 2. The highest BCUT2D eigenvalue weighted by atomic mass is 32.1. The first-order chi connectivity index (χ1) is 9.62. The summed E-state index contributed by atoms with van der Waals surface area (Å²) < 4.78 is 19.6. The second-order valence-electron chi connectivity index (χ2n) is 6.13. The van der Waals surface area contributed by atoms with Crippen LogP contribution in [-0.4, -0.2) is 45.9 Å². The Hall–Kier alpha value is -1.41. The van der Waals surface area contributed by atoms with Gasteiger partial charge >= 0.3 is 6.09 Å². The van der Waals surface area contributed by atoms with Gasteiger partial charge in [0.25, 0.3) is 0 Å². The average Bonchev–Trinajstić information content (AvgIpc) is 2.78. The molecule has 21 heavy (non-hydrogen) atoms. The highest BCUT2D eigenvalue weighted by Gasteiger charge is 2.46. The number of carbonyl (C=O) groups excluding carboxylic acids is 1. The van der Waals surface area contributed by atoms with Gasteiger partial charge in [-0.25, -0.2) is 14.2 Å². The van der Waals surface area contributed by atoms with E-state index in [2.05, 4.69) is 4.98 Å². The maximum Gasteiger partial charge on any atom is 0.410 e. The number of thiazole rings is 1. The molecular formula is C13H20FN3O3S. The molecule has 0 unspecified atom stereocenters. The first-order valence-corrected chi connectivity index (χ1v) is 7.49. The van der Waals surface area contributed by atoms with Crippen LogP contribution in [0.25, 0.3) is 0 Å². The lowest BCUT2D eigenvalue weighted by Crippen LogP contribution is -2.53. The summed E-state index contributed by atoms with van der Waals surface area (Å²) in [6.45, 7) is 5.24. The number of amides is 1. The molecule has 0 saturated carbocycles. The summed E-state index contributed by atoms with van der Waals surface area (Å²) in [6.07, 6.45) is -0.722. The van der Waals surface area contributed by atoms with Crippen LogP contribution in [0.2, 0.25) is 0 Å². The summed E-state index contributed by atoms with van der Waals surface area (Å²) in [7, 11) is 0. The molecule has 118 valence electrons. The quantitative estimate of drug-likeness (QED) is 0.826. The number of nitrogen functional groups attached to an aromatic ring is 1. The van der Waals surface area contributed by atoms with Crippen molar-refractivity contribution in [2.75, 3.05) is 18.8 Å². The number of rotatable bonds is 1. The molecule has 1 aromatic rings. The Morgan fingerprint density at radius 2 is 2.33 bits per heavy atom. The number of anilines is 1. The Morgan fingerprint density at radius 1 is 1.67 bits per heavy atom. The lowest BCUT2D eigenvalue weighted by Gasteiger charge is -2.40. The minimum Gasteiger partial charge on any atom is -0.444 e. The standard InChI is InChI=1S/C13H20FN3O3S/c1-12(2,3)20-11(18)17-5-4-13(19,8(14)7-17)9-6-16-10(15)21-9/h6,8,19H,4-5,7H2,1-3H3,(H2,15,16)/t8-,13-/m1/s1. The van der Waals surface area contributed by atoms with Crippen LogP contribution < -0.4 is 5.73 Å². The molecule has 1 saturated heterocycles. The van der Waals surface area contributed by atoms with E-state index >= 15 is 0 Å². The topological polar surface area (TPSA) is 88.7 Å². The lowest BCUT2D eigenvalue weighted by molar-refractivity contribution is -0.0885. The molecule has 1 aromatic heterocycles. The minimum atomic E-state index is -1.65. The first kappa shape index (κ1) is 16.0. The number of nitrogens with zero attached hydrogens (tertiary/aromatic N) is 2. The fraction of sp³-hybridized carbons (Fsp3) is 0.692. The number of carbonyl (C=O) groups is 1. The van der Waals surface area contributed by atoms with E-state index in [1.807, 2.05) is 0 Å². The molecule has 0 radical (unpaired) electrons. The van der Waals surface area contributed by atoms with Crippen molar-refractivity contribution in [1.29, 1.82) is 0 Å². The number of halogens is 1. The first-order valence-electron chi connectivity index (χ1n) is 6.68. The van der Waals surface area contributed by atoms with E-state index in [-0.39, 0.29) is 24.6 Å². The monoisotopic (exact) mass is 317 g/mol. The normalized spacial score (nSPS) is 26.7. The van der Waals surface area contributed by atoms with E-state index in [0.717, 1.165) is 11.3 Å². The van der Waals surface area contributed by atoms with Crippen molar-refractivity contribution in [1.82, 2.24) is 9.88 Å². The molecular weight excluding hydrogens is 297 g/mol. The van der Waals surface area contributed by atoms with E-state index in [4.69, 9.17) is 10.5 Å². The van der Waals surface area contributed by atoms with Crippen molar-refractivity contribution in [3.05, 3.63) is 11.1 Å². The Bertz CT molecular complexity index is 531. The minimum absolute atomic E-state index is 0.0784. The maximum absolute atomic E-state index is 14.4. The summed E-state index contributed by atoms with van der Waals surface area (Å²) in [6, 6.07) is 0. The van der Waals surface area contributed by atoms with Crippen LogP contribution in [0, 0.1) is 0 Å². The number of ether oxygens (including phenoxy) is 1. The average molecular weight is 317 g/mol. The third-order valence-electron chi connectivity index (χ3n) is 3.26. The van der Waals surface area contributed by atoms with Crippen molar-refractivity contribution < 1.29 is 19.0 Å². The van der Waals surface area contributed by atoms with Crippen LogP contribution in [0.4, 0.5) is 14.3 Å². The van der Waals surface area contributed by atoms with Gasteiger partial charge in [-0.3, -0.25) is 0 Å². The van der Waals surface area contributed by atoms with E-state index in [1.165, 1.54) is 11.1 Å². The summed E-state index contributed by atoms with van der Waals surface area (Å²) in [4.78, 5) is 17.4. The Balaban J connectivity index is 2.07. The van der Waals surface area contributed by atoms with E-state index in [0.29, 0.717) is 4.88 Å². The summed E-state index contributed by atoms with van der Waals surface area (Å²) >= 11 is 1.06. The molecule has 1 fully saturated rings. The van der Waals surface area contributed by atoms with Crippen molar-refractivity contribution in [3.8, 4) is 0 Å². The molecule has 0 spiro atoms. The number of likely N-dealkylation sites (tertiary alicyclic amines) is 1. The third kappa shape index (κ3) is 3.44. The van der Waals surface area contributed by atoms with Crippen molar-refractivity contribution in [3.63, 3.8) is 0 Å². The van der Waals surface area contributed by atoms with Crippen LogP contribution in [0.15, 0.2) is 6.20 Å². The number of aromatic nitrogens is 1. The van der Waals surface area contributed by atoms with Gasteiger partial charge < -0.3 is 20.5 Å². The molecule has 2 rings (SSSR count). The second kappa shape index (κ2) is 5.42. The highest BCUT2D eigenvalue weighted by molar-refractivity contribution is 7.15. The SMILES string of the molecule is CC(C)(C)OC(=O)N1CC[C@](O)(c2cnc(N)s2)[C@H](F)C1.